The number of nitrogens with zero attached hydrogens (tertiary/aromatic N) is 1. The van der Waals surface area contributed by atoms with Crippen LogP contribution in [0.15, 0.2) is 26.2 Å². The van der Waals surface area contributed by atoms with Crippen LogP contribution in [-0.2, 0) is 15.5 Å². The van der Waals surface area contributed by atoms with Crippen LogP contribution in [-0.4, -0.2) is 15.3 Å². The van der Waals surface area contributed by atoms with Gasteiger partial charge in [0.05, 0.1) is 11.9 Å². The van der Waals surface area contributed by atoms with Crippen molar-refractivity contribution in [2.75, 3.05) is 0 Å². The molecule has 8 heteroatoms. The molecule has 0 radical (unpaired) electrons. The van der Waals surface area contributed by atoms with Crippen molar-refractivity contribution in [3.8, 4) is 0 Å². The summed E-state index contributed by atoms with van der Waals surface area (Å²) in [5.41, 5.74) is 3.97. The number of hydrogen-bond acceptors (Lipinski definition) is 4. The van der Waals surface area contributed by atoms with Crippen LogP contribution in [0.3, 0.4) is 0 Å². The first kappa shape index (κ1) is 12.7. The van der Waals surface area contributed by atoms with E-state index < -0.39 is 21.5 Å². The van der Waals surface area contributed by atoms with E-state index >= 15 is 0 Å². The highest BCUT2D eigenvalue weighted by Gasteiger charge is 2.22. The predicted molar refractivity (Wildman–Crippen MR) is 56.6 cm³/mol. The van der Waals surface area contributed by atoms with E-state index in [1.807, 2.05) is 0 Å². The zero-order chi connectivity index (χ0) is 12.6. The average molecular weight is 247 g/mol. The fourth-order valence-electron chi connectivity index (χ4n) is 0.969. The number of aliphatic hydroxyl groups is 1. The third kappa shape index (κ3) is 2.81. The molecule has 0 saturated carbocycles. The molecular weight excluding hydrogens is 234 g/mol. The number of carbonyl (C=O) groups is 1. The summed E-state index contributed by atoms with van der Waals surface area (Å²) < 4.78 is 19.6. The summed E-state index contributed by atoms with van der Waals surface area (Å²) in [6, 6.07) is 0.128. The monoisotopic (exact) mass is 247 g/mol. The lowest BCUT2D eigenvalue weighted by Gasteiger charge is -2.13. The molecule has 90 valence electrons. The summed E-state index contributed by atoms with van der Waals surface area (Å²) in [4.78, 5) is 10.5. The minimum absolute atomic E-state index is 0.205. The van der Waals surface area contributed by atoms with E-state index in [9.17, 15) is 14.1 Å². The first-order chi connectivity index (χ1) is 7.13. The van der Waals surface area contributed by atoms with Crippen LogP contribution in [0.1, 0.15) is 19.4 Å². The molecule has 1 aromatic heterocycles. The molecular formula is C8H13N3O4S. The van der Waals surface area contributed by atoms with E-state index in [1.165, 1.54) is 26.2 Å². The number of carbonyl (C=O) groups excluding carboxylic acids is 1. The largest absolute Gasteiger partial charge is 0.453 e. The summed E-state index contributed by atoms with van der Waals surface area (Å²) >= 11 is 0. The summed E-state index contributed by atoms with van der Waals surface area (Å²) in [7, 11) is -3.48. The maximum atomic E-state index is 11.7. The Labute approximate surface area is 92.7 Å². The lowest BCUT2D eigenvalue weighted by atomic mass is 10.0. The first-order valence-corrected chi connectivity index (χ1v) is 5.86. The van der Waals surface area contributed by atoms with Gasteiger partial charge in [0.2, 0.25) is 5.09 Å². The molecule has 0 spiro atoms. The Morgan fingerprint density at radius 2 is 2.19 bits per heavy atom. The molecule has 0 aromatic carbocycles. The first-order valence-electron chi connectivity index (χ1n) is 4.28. The van der Waals surface area contributed by atoms with Crippen molar-refractivity contribution < 1.29 is 18.5 Å². The van der Waals surface area contributed by atoms with E-state index in [0.717, 1.165) is 0 Å². The Hall–Kier alpha value is -1.38. The van der Waals surface area contributed by atoms with Crippen LogP contribution < -0.4 is 10.9 Å². The minimum atomic E-state index is -3.48. The summed E-state index contributed by atoms with van der Waals surface area (Å²) in [6.45, 7) is 3.04. The molecule has 16 heavy (non-hydrogen) atoms. The molecule has 0 saturated heterocycles. The highest BCUT2D eigenvalue weighted by atomic mass is 32.2. The van der Waals surface area contributed by atoms with Crippen LogP contribution in [0.2, 0.25) is 0 Å². The predicted octanol–water partition coefficient (Wildman–Crippen LogP) is 0.286. The second kappa shape index (κ2) is 3.89. The van der Waals surface area contributed by atoms with Gasteiger partial charge in [0.15, 0.2) is 9.92 Å². The van der Waals surface area contributed by atoms with Crippen LogP contribution >= 0.6 is 0 Å². The topological polar surface area (TPSA) is 132 Å². The molecule has 7 nitrogen and oxygen atoms in total. The third-order valence-electron chi connectivity index (χ3n) is 1.80. The summed E-state index contributed by atoms with van der Waals surface area (Å²) in [5, 5.41) is 14.7. The molecule has 1 atom stereocenters. The van der Waals surface area contributed by atoms with Crippen molar-refractivity contribution in [3.05, 3.63) is 17.9 Å². The lowest BCUT2D eigenvalue weighted by Crippen LogP contribution is -2.17. The molecule has 1 unspecified atom stereocenters. The van der Waals surface area contributed by atoms with E-state index in [-0.39, 0.29) is 5.09 Å². The maximum Gasteiger partial charge on any atom is 0.347 e. The molecule has 1 heterocycles. The normalized spacial score (nSPS) is 15.5. The van der Waals surface area contributed by atoms with Gasteiger partial charge in [0.1, 0.15) is 0 Å². The van der Waals surface area contributed by atoms with Crippen LogP contribution in [0.25, 0.3) is 0 Å². The van der Waals surface area contributed by atoms with Gasteiger partial charge >= 0.3 is 6.03 Å². The number of urea groups is 1. The Kier molecular flexibility index (Phi) is 3.08. The van der Waals surface area contributed by atoms with Gasteiger partial charge in [-0.3, -0.25) is 0 Å². The fraction of sp³-hybridized carbons (Fsp3) is 0.375. The van der Waals surface area contributed by atoms with Gasteiger partial charge in [-0.2, -0.15) is 0 Å². The third-order valence-corrected chi connectivity index (χ3v) is 3.04. The van der Waals surface area contributed by atoms with E-state index in [2.05, 4.69) is 4.36 Å². The lowest BCUT2D eigenvalue weighted by molar-refractivity contribution is 0.0779. The number of hydrogen-bond donors (Lipinski definition) is 3. The van der Waals surface area contributed by atoms with Crippen molar-refractivity contribution in [2.24, 2.45) is 15.2 Å². The van der Waals surface area contributed by atoms with Gasteiger partial charge in [-0.1, -0.05) is 0 Å². The molecule has 0 bridgehead atoms. The molecule has 0 fully saturated rings. The van der Waals surface area contributed by atoms with Crippen LogP contribution in [0, 0.1) is 0 Å². The van der Waals surface area contributed by atoms with E-state index in [1.54, 1.807) is 0 Å². The van der Waals surface area contributed by atoms with Crippen molar-refractivity contribution in [2.45, 2.75) is 24.5 Å². The number of furan rings is 1. The van der Waals surface area contributed by atoms with Crippen molar-refractivity contribution >= 4 is 15.9 Å². The number of nitrogens with two attached hydrogens (primary N) is 2. The molecule has 1 aromatic rings. The van der Waals surface area contributed by atoms with Gasteiger partial charge < -0.3 is 15.3 Å². The molecule has 2 amide bonds. The van der Waals surface area contributed by atoms with Gasteiger partial charge in [-0.15, -0.1) is 4.36 Å². The Balaban J connectivity index is 3.23. The molecule has 0 aliphatic heterocycles. The van der Waals surface area contributed by atoms with Gasteiger partial charge in [-0.05, 0) is 13.8 Å². The number of rotatable bonds is 2. The molecule has 1 rings (SSSR count). The summed E-state index contributed by atoms with van der Waals surface area (Å²) in [6.07, 6.45) is 1.19. The number of primary amides is 1. The SMILES string of the molecule is CC(C)(O)c1coc(S(N)(=O)=NC(N)=O)c1. The fourth-order valence-corrected chi connectivity index (χ4v) is 1.81. The van der Waals surface area contributed by atoms with Crippen LogP contribution in [0.4, 0.5) is 4.79 Å². The molecule has 0 aliphatic rings. The van der Waals surface area contributed by atoms with Crippen molar-refractivity contribution in [1.29, 1.82) is 0 Å². The highest BCUT2D eigenvalue weighted by molar-refractivity contribution is 7.91. The second-order valence-corrected chi connectivity index (χ2v) is 5.43. The Morgan fingerprint density at radius 3 is 2.56 bits per heavy atom. The van der Waals surface area contributed by atoms with Gasteiger partial charge in [0, 0.05) is 11.6 Å². The molecule has 5 N–H and O–H groups in total. The van der Waals surface area contributed by atoms with Crippen molar-refractivity contribution in [3.63, 3.8) is 0 Å². The average Bonchev–Trinajstić information content (AvgIpc) is 2.47. The quantitative estimate of drug-likeness (QED) is 0.692. The standard InChI is InChI=1S/C8H13N3O4S/c1-8(2,13)5-3-6(15-4-5)16(10,14)11-7(9)12/h3-4,13H,1-2H3,(H4,9,10,11,12,14). The zero-order valence-electron chi connectivity index (χ0n) is 8.84. The van der Waals surface area contributed by atoms with Gasteiger partial charge in [0.25, 0.3) is 0 Å². The second-order valence-electron chi connectivity index (χ2n) is 3.71. The van der Waals surface area contributed by atoms with E-state index in [0.29, 0.717) is 5.56 Å². The zero-order valence-corrected chi connectivity index (χ0v) is 9.65. The molecule has 0 aliphatic carbocycles. The maximum absolute atomic E-state index is 11.7. The Bertz CT molecular complexity index is 520. The van der Waals surface area contributed by atoms with Gasteiger partial charge in [-0.25, -0.2) is 14.1 Å². The number of amides is 2. The highest BCUT2D eigenvalue weighted by Crippen LogP contribution is 2.24. The summed E-state index contributed by atoms with van der Waals surface area (Å²) in [5.74, 6) is 0. The van der Waals surface area contributed by atoms with E-state index in [4.69, 9.17) is 15.3 Å². The minimum Gasteiger partial charge on any atom is -0.453 e. The van der Waals surface area contributed by atoms with Crippen LogP contribution in [0.5, 0.6) is 0 Å². The smallest absolute Gasteiger partial charge is 0.347 e. The van der Waals surface area contributed by atoms with Crippen molar-refractivity contribution in [1.82, 2.24) is 0 Å². The Morgan fingerprint density at radius 1 is 1.62 bits per heavy atom.